The van der Waals surface area contributed by atoms with Gasteiger partial charge in [-0.3, -0.25) is 37.3 Å². The highest BCUT2D eigenvalue weighted by molar-refractivity contribution is 7.47. The molecule has 17 nitrogen and oxygen atoms in total. The van der Waals surface area contributed by atoms with Gasteiger partial charge in [0.15, 0.2) is 12.2 Å². The molecular formula is C79H154O17P2. The molecule has 0 saturated carbocycles. The molecule has 0 aliphatic rings. The molecule has 0 spiro atoms. The van der Waals surface area contributed by atoms with E-state index in [-0.39, 0.29) is 25.7 Å². The van der Waals surface area contributed by atoms with Gasteiger partial charge in [-0.1, -0.05) is 369 Å². The van der Waals surface area contributed by atoms with E-state index in [9.17, 15) is 43.2 Å². The molecule has 0 aromatic rings. The lowest BCUT2D eigenvalue weighted by atomic mass is 10.00. The van der Waals surface area contributed by atoms with Gasteiger partial charge in [0.1, 0.15) is 19.3 Å². The summed E-state index contributed by atoms with van der Waals surface area (Å²) >= 11 is 0. The molecule has 0 saturated heterocycles. The summed E-state index contributed by atoms with van der Waals surface area (Å²) in [5.41, 5.74) is 0. The normalized spacial score (nSPS) is 14.2. The summed E-state index contributed by atoms with van der Waals surface area (Å²) in [5, 5.41) is 10.6. The largest absolute Gasteiger partial charge is 0.472 e. The summed E-state index contributed by atoms with van der Waals surface area (Å²) in [4.78, 5) is 72.8. The van der Waals surface area contributed by atoms with Gasteiger partial charge in [0.25, 0.3) is 0 Å². The van der Waals surface area contributed by atoms with Crippen LogP contribution in [0.25, 0.3) is 0 Å². The van der Waals surface area contributed by atoms with Gasteiger partial charge in [-0.05, 0) is 31.6 Å². The summed E-state index contributed by atoms with van der Waals surface area (Å²) < 4.78 is 68.5. The molecule has 6 atom stereocenters. The average molecular weight is 1440 g/mol. The molecule has 0 aromatic heterocycles. The number of phosphoric ester groups is 2. The van der Waals surface area contributed by atoms with Gasteiger partial charge >= 0.3 is 39.5 Å². The van der Waals surface area contributed by atoms with Gasteiger partial charge in [0.05, 0.1) is 26.4 Å². The molecule has 0 amide bonds. The number of phosphoric acid groups is 2. The van der Waals surface area contributed by atoms with Gasteiger partial charge < -0.3 is 33.8 Å². The summed E-state index contributed by atoms with van der Waals surface area (Å²) in [5.74, 6) is -1.39. The second-order valence-electron chi connectivity index (χ2n) is 28.7. The van der Waals surface area contributed by atoms with Crippen LogP contribution in [0.15, 0.2) is 0 Å². The van der Waals surface area contributed by atoms with E-state index in [1.807, 2.05) is 0 Å². The Morgan fingerprint density at radius 2 is 0.490 bits per heavy atom. The van der Waals surface area contributed by atoms with E-state index < -0.39 is 97.5 Å². The van der Waals surface area contributed by atoms with Crippen LogP contribution in [0.4, 0.5) is 0 Å². The number of aliphatic hydroxyl groups is 1. The lowest BCUT2D eigenvalue weighted by Gasteiger charge is -2.21. The maximum absolute atomic E-state index is 13.1. The van der Waals surface area contributed by atoms with Crippen LogP contribution in [0.2, 0.25) is 0 Å². The fourth-order valence-corrected chi connectivity index (χ4v) is 13.8. The first-order valence-electron chi connectivity index (χ1n) is 41.2. The maximum atomic E-state index is 13.1. The Hall–Kier alpha value is -1.94. The monoisotopic (exact) mass is 1440 g/mol. The van der Waals surface area contributed by atoms with Crippen molar-refractivity contribution >= 4 is 39.5 Å². The lowest BCUT2D eigenvalue weighted by molar-refractivity contribution is -0.161. The molecule has 0 heterocycles. The van der Waals surface area contributed by atoms with E-state index >= 15 is 0 Å². The highest BCUT2D eigenvalue weighted by Gasteiger charge is 2.30. The second kappa shape index (κ2) is 72.0. The van der Waals surface area contributed by atoms with E-state index in [1.165, 1.54) is 244 Å². The SMILES string of the molecule is CCCCCCCCCCCCCCCCCCCCCCC(=O)O[C@H](COC(=O)CCCCCCCCCCCCCCCCCCCCC)COP(=O)(O)OC[C@@H](O)COP(=O)(O)OC[C@@H](COC(=O)CCCCCCCCCCC)OC(=O)CCCCCCCCC(C)CC. The first-order chi connectivity index (χ1) is 47.6. The number of aliphatic hydroxyl groups excluding tert-OH is 1. The minimum absolute atomic E-state index is 0.103. The number of unbranched alkanes of at least 4 members (excludes halogenated alkanes) is 50. The summed E-state index contributed by atoms with van der Waals surface area (Å²) in [7, 11) is -9.91. The first-order valence-corrected chi connectivity index (χ1v) is 44.2. The van der Waals surface area contributed by atoms with Crippen LogP contribution in [-0.4, -0.2) is 96.7 Å². The van der Waals surface area contributed by atoms with Crippen LogP contribution in [-0.2, 0) is 65.4 Å². The minimum atomic E-state index is -4.96. The van der Waals surface area contributed by atoms with E-state index in [2.05, 4.69) is 34.6 Å². The fourth-order valence-electron chi connectivity index (χ4n) is 12.2. The summed E-state index contributed by atoms with van der Waals surface area (Å²) in [6.07, 6.45) is 62.7. The Morgan fingerprint density at radius 3 is 0.724 bits per heavy atom. The fraction of sp³-hybridized carbons (Fsp3) is 0.949. The second-order valence-corrected chi connectivity index (χ2v) is 31.6. The van der Waals surface area contributed by atoms with E-state index in [0.717, 1.165) is 95.8 Å². The van der Waals surface area contributed by atoms with Crippen molar-refractivity contribution in [3.63, 3.8) is 0 Å². The van der Waals surface area contributed by atoms with Crippen LogP contribution in [0.3, 0.4) is 0 Å². The van der Waals surface area contributed by atoms with Gasteiger partial charge in [-0.2, -0.15) is 0 Å². The molecule has 98 heavy (non-hydrogen) atoms. The Balaban J connectivity index is 5.18. The van der Waals surface area contributed by atoms with E-state index in [4.69, 9.17) is 37.0 Å². The average Bonchev–Trinajstić information content (AvgIpc) is 1.05. The van der Waals surface area contributed by atoms with Gasteiger partial charge in [-0.15, -0.1) is 0 Å². The zero-order chi connectivity index (χ0) is 71.9. The summed E-state index contributed by atoms with van der Waals surface area (Å²) in [6, 6.07) is 0. The van der Waals surface area contributed by atoms with Crippen molar-refractivity contribution in [3.8, 4) is 0 Å². The van der Waals surface area contributed by atoms with E-state index in [0.29, 0.717) is 25.7 Å². The highest BCUT2D eigenvalue weighted by atomic mass is 31.2. The standard InChI is InChI=1S/C79H154O17P2/c1-6-10-13-16-19-22-24-26-28-30-32-34-36-38-40-42-45-48-54-59-64-78(83)95-74(68-90-77(82)63-58-53-47-44-41-39-37-35-33-31-29-27-25-23-20-17-14-11-7-2)70-93-97(85,86)91-66-73(80)67-92-98(87,88)94-71-75(69-89-76(81)62-57-52-46-43-21-18-15-12-8-3)96-79(84)65-60-55-50-49-51-56-61-72(5)9-4/h72-75,80H,6-71H2,1-5H3,(H,85,86)(H,87,88)/t72?,73-,74-,75-/m1/s1. The quantitative estimate of drug-likeness (QED) is 0.0222. The molecular weight excluding hydrogens is 1280 g/mol. The number of carbonyl (C=O) groups excluding carboxylic acids is 4. The molecule has 0 radical (unpaired) electrons. The molecule has 0 rings (SSSR count). The third kappa shape index (κ3) is 71.1. The smallest absolute Gasteiger partial charge is 0.462 e. The number of rotatable bonds is 79. The van der Waals surface area contributed by atoms with Crippen LogP contribution in [0.5, 0.6) is 0 Å². The van der Waals surface area contributed by atoms with Crippen molar-refractivity contribution in [1.82, 2.24) is 0 Å². The Morgan fingerprint density at radius 1 is 0.286 bits per heavy atom. The van der Waals surface area contributed by atoms with Crippen molar-refractivity contribution < 1.29 is 80.2 Å². The minimum Gasteiger partial charge on any atom is -0.462 e. The topological polar surface area (TPSA) is 237 Å². The van der Waals surface area contributed by atoms with Crippen LogP contribution < -0.4 is 0 Å². The Bertz CT molecular complexity index is 1880. The van der Waals surface area contributed by atoms with Crippen molar-refractivity contribution in [2.24, 2.45) is 5.92 Å². The molecule has 3 N–H and O–H groups in total. The highest BCUT2D eigenvalue weighted by Crippen LogP contribution is 2.45. The zero-order valence-electron chi connectivity index (χ0n) is 63.9. The molecule has 0 aromatic carbocycles. The van der Waals surface area contributed by atoms with Crippen LogP contribution in [0.1, 0.15) is 420 Å². The maximum Gasteiger partial charge on any atom is 0.472 e. The van der Waals surface area contributed by atoms with Gasteiger partial charge in [0, 0.05) is 25.7 Å². The van der Waals surface area contributed by atoms with Crippen molar-refractivity contribution in [3.05, 3.63) is 0 Å². The predicted octanol–water partition coefficient (Wildman–Crippen LogP) is 23.6. The molecule has 3 unspecified atom stereocenters. The number of ether oxygens (including phenoxy) is 4. The first kappa shape index (κ1) is 96.1. The lowest BCUT2D eigenvalue weighted by Crippen LogP contribution is -2.30. The number of esters is 4. The third-order valence-corrected chi connectivity index (χ3v) is 20.8. The van der Waals surface area contributed by atoms with Crippen molar-refractivity contribution in [1.29, 1.82) is 0 Å². The van der Waals surface area contributed by atoms with Crippen LogP contribution in [0, 0.1) is 5.92 Å². The van der Waals surface area contributed by atoms with Crippen LogP contribution >= 0.6 is 15.6 Å². The zero-order valence-corrected chi connectivity index (χ0v) is 65.7. The van der Waals surface area contributed by atoms with Crippen molar-refractivity contribution in [2.75, 3.05) is 39.6 Å². The molecule has 19 heteroatoms. The Kier molecular flexibility index (Phi) is 70.6. The summed E-state index contributed by atoms with van der Waals surface area (Å²) in [6.45, 7) is 7.24. The molecule has 582 valence electrons. The van der Waals surface area contributed by atoms with Gasteiger partial charge in [0.2, 0.25) is 0 Å². The number of hydrogen-bond donors (Lipinski definition) is 3. The molecule has 0 aliphatic heterocycles. The number of hydrogen-bond acceptors (Lipinski definition) is 15. The molecule has 0 bridgehead atoms. The van der Waals surface area contributed by atoms with E-state index in [1.54, 1.807) is 0 Å². The molecule has 0 aliphatic carbocycles. The molecule has 0 fully saturated rings. The van der Waals surface area contributed by atoms with Gasteiger partial charge in [-0.25, -0.2) is 9.13 Å². The third-order valence-electron chi connectivity index (χ3n) is 18.9. The predicted molar refractivity (Wildman–Crippen MR) is 400 cm³/mol. The number of carbonyl (C=O) groups is 4. The Labute approximate surface area is 600 Å². The van der Waals surface area contributed by atoms with Crippen molar-refractivity contribution in [2.45, 2.75) is 438 Å².